The summed E-state index contributed by atoms with van der Waals surface area (Å²) in [5.41, 5.74) is 1.65. The molecule has 0 aromatic carbocycles. The highest BCUT2D eigenvalue weighted by molar-refractivity contribution is 5.72. The van der Waals surface area contributed by atoms with Crippen molar-refractivity contribution in [3.8, 4) is 11.3 Å². The zero-order valence-electron chi connectivity index (χ0n) is 25.0. The second-order valence-corrected chi connectivity index (χ2v) is 12.1. The highest BCUT2D eigenvalue weighted by atomic mass is 19.3. The molecule has 3 N–H and O–H groups in total. The van der Waals surface area contributed by atoms with Gasteiger partial charge in [0.25, 0.3) is 6.43 Å². The first-order valence-corrected chi connectivity index (χ1v) is 15.2. The van der Waals surface area contributed by atoms with Gasteiger partial charge in [0.15, 0.2) is 0 Å². The fraction of sp³-hybridized carbons (Fsp3) is 0.515. The number of ether oxygens (including phenoxy) is 1. The Hall–Kier alpha value is -3.50. The summed E-state index contributed by atoms with van der Waals surface area (Å²) in [5, 5.41) is 17.9. The molecule has 2 aliphatic carbocycles. The fourth-order valence-corrected chi connectivity index (χ4v) is 6.34. The number of rotatable bonds is 9. The highest BCUT2D eigenvalue weighted by Gasteiger charge is 2.39. The van der Waals surface area contributed by atoms with Gasteiger partial charge in [-0.3, -0.25) is 9.78 Å². The maximum atomic E-state index is 13.1. The summed E-state index contributed by atoms with van der Waals surface area (Å²) in [6, 6.07) is 10.5. The maximum Gasteiger partial charge on any atom is 0.309 e. The average molecular weight is 594 g/mol. The summed E-state index contributed by atoms with van der Waals surface area (Å²) in [5.74, 6) is 0.528. The third-order valence-electron chi connectivity index (χ3n) is 9.06. The summed E-state index contributed by atoms with van der Waals surface area (Å²) in [6.07, 6.45) is 7.17. The quantitative estimate of drug-likeness (QED) is 0.238. The van der Waals surface area contributed by atoms with Crippen LogP contribution in [0.4, 0.5) is 20.4 Å². The van der Waals surface area contributed by atoms with Crippen LogP contribution in [0.25, 0.3) is 11.3 Å². The summed E-state index contributed by atoms with van der Waals surface area (Å²) in [7, 11) is 1.98. The molecule has 0 amide bonds. The van der Waals surface area contributed by atoms with Crippen LogP contribution in [0.2, 0.25) is 0 Å². The van der Waals surface area contributed by atoms with Crippen molar-refractivity contribution in [2.24, 2.45) is 11.8 Å². The smallest absolute Gasteiger partial charge is 0.309 e. The molecule has 0 unspecified atom stereocenters. The van der Waals surface area contributed by atoms with Crippen molar-refractivity contribution in [1.82, 2.24) is 20.3 Å². The summed E-state index contributed by atoms with van der Waals surface area (Å²) in [4.78, 5) is 26.2. The van der Waals surface area contributed by atoms with Gasteiger partial charge in [0, 0.05) is 29.6 Å². The van der Waals surface area contributed by atoms with E-state index in [1.165, 1.54) is 18.3 Å². The van der Waals surface area contributed by atoms with Gasteiger partial charge in [0.05, 0.1) is 17.3 Å². The number of aryl methyl sites for hydroxylation is 1. The summed E-state index contributed by atoms with van der Waals surface area (Å²) >= 11 is 0. The van der Waals surface area contributed by atoms with Crippen molar-refractivity contribution in [2.45, 2.75) is 89.4 Å². The van der Waals surface area contributed by atoms with E-state index in [0.717, 1.165) is 49.7 Å². The molecule has 0 radical (unpaired) electrons. The Bertz CT molecular complexity index is 1390. The van der Waals surface area contributed by atoms with E-state index < -0.39 is 12.0 Å². The number of hydrogen-bond donors (Lipinski definition) is 3. The first kappa shape index (κ1) is 30.9. The molecule has 0 bridgehead atoms. The van der Waals surface area contributed by atoms with Gasteiger partial charge in [-0.25, -0.2) is 18.7 Å². The molecule has 3 aromatic heterocycles. The molecule has 5 rings (SSSR count). The zero-order chi connectivity index (χ0) is 30.6. The second kappa shape index (κ2) is 13.4. The average Bonchev–Trinajstić information content (AvgIpc) is 3.01. The van der Waals surface area contributed by atoms with Crippen molar-refractivity contribution < 1.29 is 23.4 Å². The fourth-order valence-electron chi connectivity index (χ4n) is 6.34. The van der Waals surface area contributed by atoms with E-state index in [2.05, 4.69) is 25.6 Å². The number of hydrogen-bond acceptors (Lipinski definition) is 8. The van der Waals surface area contributed by atoms with Crippen molar-refractivity contribution in [3.63, 3.8) is 0 Å². The van der Waals surface area contributed by atoms with E-state index >= 15 is 0 Å². The van der Waals surface area contributed by atoms with Gasteiger partial charge in [0.1, 0.15) is 23.3 Å². The Labute approximate surface area is 251 Å². The van der Waals surface area contributed by atoms with Gasteiger partial charge in [0.2, 0.25) is 0 Å². The summed E-state index contributed by atoms with van der Waals surface area (Å²) < 4.78 is 32.1. The maximum absolute atomic E-state index is 13.1. The molecule has 2 fully saturated rings. The number of halogens is 2. The third-order valence-corrected chi connectivity index (χ3v) is 9.06. The van der Waals surface area contributed by atoms with E-state index in [-0.39, 0.29) is 35.3 Å². The molecular weight excluding hydrogens is 552 g/mol. The Morgan fingerprint density at radius 2 is 1.74 bits per heavy atom. The largest absolute Gasteiger partial charge is 0.462 e. The van der Waals surface area contributed by atoms with Gasteiger partial charge in [-0.15, -0.1) is 0 Å². The molecular formula is C33H41F2N5O3. The molecule has 0 spiro atoms. The van der Waals surface area contributed by atoms with Crippen molar-refractivity contribution in [3.05, 3.63) is 65.6 Å². The minimum atomic E-state index is -2.59. The Morgan fingerprint density at radius 1 is 1.00 bits per heavy atom. The van der Waals surface area contributed by atoms with Crippen LogP contribution >= 0.6 is 0 Å². The van der Waals surface area contributed by atoms with Gasteiger partial charge in [-0.2, -0.15) is 0 Å². The number of anilines is 2. The summed E-state index contributed by atoms with van der Waals surface area (Å²) in [6.45, 7) is 3.72. The first-order valence-electron chi connectivity index (χ1n) is 15.2. The second-order valence-electron chi connectivity index (χ2n) is 12.1. The van der Waals surface area contributed by atoms with Crippen molar-refractivity contribution in [2.75, 3.05) is 12.4 Å². The molecule has 0 aliphatic heterocycles. The minimum Gasteiger partial charge on any atom is -0.462 e. The van der Waals surface area contributed by atoms with Crippen molar-refractivity contribution >= 4 is 17.6 Å². The SMILES string of the molecule is CN[C@H]1CC[C@H](OC(=O)[C@H]2CC[C@H]([C@@](C)(O)c3ccc(-c4cc(C)cc(Nc5cc(C(F)F)ccn5)n4)cn3)CC2)CC1. The molecule has 0 saturated heterocycles. The van der Waals surface area contributed by atoms with E-state index in [9.17, 15) is 18.7 Å². The van der Waals surface area contributed by atoms with Crippen LogP contribution in [0.5, 0.6) is 0 Å². The molecule has 1 atom stereocenters. The Balaban J connectivity index is 1.19. The predicted octanol–water partition coefficient (Wildman–Crippen LogP) is 6.62. The lowest BCUT2D eigenvalue weighted by atomic mass is 9.73. The number of aromatic nitrogens is 3. The van der Waals surface area contributed by atoms with Gasteiger partial charge in [-0.1, -0.05) is 0 Å². The Morgan fingerprint density at radius 3 is 2.40 bits per heavy atom. The van der Waals surface area contributed by atoms with Gasteiger partial charge >= 0.3 is 5.97 Å². The monoisotopic (exact) mass is 593 g/mol. The third kappa shape index (κ3) is 7.54. The van der Waals surface area contributed by atoms with Gasteiger partial charge in [-0.05, 0) is 120 Å². The van der Waals surface area contributed by atoms with Crippen LogP contribution in [0.15, 0.2) is 48.8 Å². The standard InChI is InChI=1S/C33H41F2N5O3/c1-20-16-27(39-30(17-20)40-29-18-22(31(34)35)14-15-37-29)23-6-13-28(38-19-23)33(2,42)24-7-4-21(5-8-24)32(41)43-26-11-9-25(36-3)10-12-26/h6,13-19,21,24-26,31,36,42H,4-5,7-12H2,1-3H3,(H,37,39,40)/t21-,24-,25-,26-,33-/m1/s1. The number of aliphatic hydroxyl groups is 1. The van der Waals surface area contributed by atoms with Crippen LogP contribution in [0, 0.1) is 18.8 Å². The molecule has 10 heteroatoms. The molecule has 43 heavy (non-hydrogen) atoms. The lowest BCUT2D eigenvalue weighted by Crippen LogP contribution is -2.38. The van der Waals surface area contributed by atoms with E-state index in [4.69, 9.17) is 4.74 Å². The number of nitrogens with zero attached hydrogens (tertiary/aromatic N) is 3. The molecule has 2 aliphatic rings. The molecule has 2 saturated carbocycles. The predicted molar refractivity (Wildman–Crippen MR) is 161 cm³/mol. The number of alkyl halides is 2. The number of carbonyl (C=O) groups excluding carboxylic acids is 1. The van der Waals surface area contributed by atoms with E-state index in [1.807, 2.05) is 38.2 Å². The van der Waals surface area contributed by atoms with Gasteiger partial charge < -0.3 is 20.5 Å². The number of carbonyl (C=O) groups is 1. The number of pyridine rings is 3. The van der Waals surface area contributed by atoms with Crippen LogP contribution in [0.3, 0.4) is 0 Å². The highest BCUT2D eigenvalue weighted by Crippen LogP contribution is 2.41. The van der Waals surface area contributed by atoms with E-state index in [1.54, 1.807) is 13.1 Å². The van der Waals surface area contributed by atoms with Crippen LogP contribution in [-0.2, 0) is 15.1 Å². The lowest BCUT2D eigenvalue weighted by Gasteiger charge is -2.37. The zero-order valence-corrected chi connectivity index (χ0v) is 25.0. The van der Waals surface area contributed by atoms with Crippen LogP contribution in [-0.4, -0.2) is 45.2 Å². The normalized spacial score (nSPS) is 23.9. The molecule has 3 heterocycles. The van der Waals surface area contributed by atoms with Crippen LogP contribution < -0.4 is 10.6 Å². The van der Waals surface area contributed by atoms with Crippen LogP contribution in [0.1, 0.15) is 81.5 Å². The number of nitrogens with one attached hydrogen (secondary N) is 2. The van der Waals surface area contributed by atoms with E-state index in [0.29, 0.717) is 36.1 Å². The topological polar surface area (TPSA) is 109 Å². The lowest BCUT2D eigenvalue weighted by molar-refractivity contribution is -0.158. The first-order chi connectivity index (χ1) is 20.6. The van der Waals surface area contributed by atoms with Crippen molar-refractivity contribution in [1.29, 1.82) is 0 Å². The minimum absolute atomic E-state index is 0.0174. The molecule has 3 aromatic rings. The molecule has 230 valence electrons. The molecule has 8 nitrogen and oxygen atoms in total. The Kier molecular flexibility index (Phi) is 9.66. The number of esters is 1.